The molecule has 0 spiro atoms. The van der Waals surface area contributed by atoms with Gasteiger partial charge in [-0.3, -0.25) is 0 Å². The molecule has 1 aromatic heterocycles. The highest BCUT2D eigenvalue weighted by Gasteiger charge is 2.03. The second-order valence-electron chi connectivity index (χ2n) is 3.94. The number of methoxy groups -OCH3 is 1. The van der Waals surface area contributed by atoms with Crippen LogP contribution in [0.15, 0.2) is 6.07 Å². The maximum Gasteiger partial charge on any atom is 0.211 e. The number of unbranched alkanes of at least 4 members (excludes halogenated alkanes) is 1. The fourth-order valence-corrected chi connectivity index (χ4v) is 1.49. The maximum atomic E-state index is 5.45. The van der Waals surface area contributed by atoms with Crippen LogP contribution in [-0.2, 0) is 18.3 Å². The molecule has 0 aliphatic carbocycles. The van der Waals surface area contributed by atoms with Crippen molar-refractivity contribution in [1.29, 1.82) is 0 Å². The molecule has 0 aliphatic rings. The van der Waals surface area contributed by atoms with E-state index in [0.717, 1.165) is 44.3 Å². The molecule has 0 bridgehead atoms. The van der Waals surface area contributed by atoms with Gasteiger partial charge in [-0.15, -0.1) is 0 Å². The SMILES string of the molecule is CCCCOCCNCc1cc(OC)n(C)n1. The molecule has 0 aromatic carbocycles. The lowest BCUT2D eigenvalue weighted by atomic mass is 10.4. The summed E-state index contributed by atoms with van der Waals surface area (Å²) in [6.07, 6.45) is 2.32. The van der Waals surface area contributed by atoms with Crippen molar-refractivity contribution < 1.29 is 9.47 Å². The Bertz CT molecular complexity index is 313. The van der Waals surface area contributed by atoms with Gasteiger partial charge in [0.2, 0.25) is 5.88 Å². The Morgan fingerprint density at radius 3 is 2.88 bits per heavy atom. The average Bonchev–Trinajstić information content (AvgIpc) is 2.68. The summed E-state index contributed by atoms with van der Waals surface area (Å²) >= 11 is 0. The van der Waals surface area contributed by atoms with E-state index < -0.39 is 0 Å². The summed E-state index contributed by atoms with van der Waals surface area (Å²) in [5.41, 5.74) is 0.984. The lowest BCUT2D eigenvalue weighted by molar-refractivity contribution is 0.133. The summed E-state index contributed by atoms with van der Waals surface area (Å²) in [6.45, 7) is 5.37. The highest BCUT2D eigenvalue weighted by atomic mass is 16.5. The lowest BCUT2D eigenvalue weighted by Gasteiger charge is -2.03. The first-order chi connectivity index (χ1) is 8.27. The monoisotopic (exact) mass is 241 g/mol. The second kappa shape index (κ2) is 8.08. The van der Waals surface area contributed by atoms with Crippen molar-refractivity contribution in [3.8, 4) is 5.88 Å². The van der Waals surface area contributed by atoms with E-state index in [-0.39, 0.29) is 0 Å². The van der Waals surface area contributed by atoms with Crippen LogP contribution in [0, 0.1) is 0 Å². The first-order valence-electron chi connectivity index (χ1n) is 6.13. The summed E-state index contributed by atoms with van der Waals surface area (Å²) in [4.78, 5) is 0. The predicted molar refractivity (Wildman–Crippen MR) is 67.2 cm³/mol. The summed E-state index contributed by atoms with van der Waals surface area (Å²) < 4.78 is 12.3. The van der Waals surface area contributed by atoms with Crippen LogP contribution in [0.5, 0.6) is 5.88 Å². The van der Waals surface area contributed by atoms with Gasteiger partial charge < -0.3 is 14.8 Å². The minimum absolute atomic E-state index is 0.744. The zero-order chi connectivity index (χ0) is 12.5. The number of nitrogens with zero attached hydrogens (tertiary/aromatic N) is 2. The topological polar surface area (TPSA) is 48.3 Å². The van der Waals surface area contributed by atoms with Gasteiger partial charge in [-0.25, -0.2) is 4.68 Å². The van der Waals surface area contributed by atoms with Gasteiger partial charge in [0.1, 0.15) is 0 Å². The summed E-state index contributed by atoms with van der Waals surface area (Å²) in [5, 5.41) is 7.60. The van der Waals surface area contributed by atoms with Crippen LogP contribution in [0.25, 0.3) is 0 Å². The number of rotatable bonds is 9. The van der Waals surface area contributed by atoms with Crippen LogP contribution < -0.4 is 10.1 Å². The van der Waals surface area contributed by atoms with Gasteiger partial charge in [0, 0.05) is 32.8 Å². The van der Waals surface area contributed by atoms with Gasteiger partial charge >= 0.3 is 0 Å². The molecule has 0 unspecified atom stereocenters. The molecule has 1 heterocycles. The Morgan fingerprint density at radius 1 is 1.41 bits per heavy atom. The van der Waals surface area contributed by atoms with Gasteiger partial charge in [0.05, 0.1) is 19.4 Å². The van der Waals surface area contributed by atoms with Crippen molar-refractivity contribution >= 4 is 0 Å². The fourth-order valence-electron chi connectivity index (χ4n) is 1.49. The molecule has 5 nitrogen and oxygen atoms in total. The zero-order valence-corrected chi connectivity index (χ0v) is 11.0. The van der Waals surface area contributed by atoms with Crippen molar-refractivity contribution in [1.82, 2.24) is 15.1 Å². The summed E-state index contributed by atoms with van der Waals surface area (Å²) in [5.74, 6) is 0.779. The van der Waals surface area contributed by atoms with Gasteiger partial charge in [-0.2, -0.15) is 5.10 Å². The summed E-state index contributed by atoms with van der Waals surface area (Å²) in [6, 6.07) is 1.94. The Labute approximate surface area is 103 Å². The molecule has 0 amide bonds. The molecule has 0 fully saturated rings. The average molecular weight is 241 g/mol. The van der Waals surface area contributed by atoms with Crippen molar-refractivity contribution in [3.63, 3.8) is 0 Å². The molecule has 17 heavy (non-hydrogen) atoms. The number of aryl methyl sites for hydroxylation is 1. The fraction of sp³-hybridized carbons (Fsp3) is 0.750. The molecule has 1 N–H and O–H groups in total. The van der Waals surface area contributed by atoms with Crippen molar-refractivity contribution in [2.45, 2.75) is 26.3 Å². The molecular weight excluding hydrogens is 218 g/mol. The van der Waals surface area contributed by atoms with Crippen LogP contribution in [-0.4, -0.2) is 36.6 Å². The first-order valence-corrected chi connectivity index (χ1v) is 6.13. The van der Waals surface area contributed by atoms with Crippen molar-refractivity contribution in [2.75, 3.05) is 26.9 Å². The van der Waals surface area contributed by atoms with E-state index in [1.807, 2.05) is 13.1 Å². The molecule has 1 rings (SSSR count). The Kier molecular flexibility index (Phi) is 6.65. The molecule has 0 saturated heterocycles. The van der Waals surface area contributed by atoms with Gasteiger partial charge in [0.15, 0.2) is 0 Å². The second-order valence-corrected chi connectivity index (χ2v) is 3.94. The Hall–Kier alpha value is -1.07. The normalized spacial score (nSPS) is 10.8. The molecule has 5 heteroatoms. The molecule has 0 atom stereocenters. The molecule has 1 aromatic rings. The highest BCUT2D eigenvalue weighted by Crippen LogP contribution is 2.10. The summed E-state index contributed by atoms with van der Waals surface area (Å²) in [7, 11) is 3.52. The number of aromatic nitrogens is 2. The van der Waals surface area contributed by atoms with E-state index in [0.29, 0.717) is 0 Å². The van der Waals surface area contributed by atoms with Crippen LogP contribution in [0.3, 0.4) is 0 Å². The van der Waals surface area contributed by atoms with Crippen LogP contribution in [0.1, 0.15) is 25.5 Å². The van der Waals surface area contributed by atoms with E-state index in [1.165, 1.54) is 6.42 Å². The van der Waals surface area contributed by atoms with Gasteiger partial charge in [-0.05, 0) is 6.42 Å². The minimum atomic E-state index is 0.744. The number of nitrogens with one attached hydrogen (secondary N) is 1. The quantitative estimate of drug-likeness (QED) is 0.663. The molecule has 98 valence electrons. The largest absolute Gasteiger partial charge is 0.481 e. The number of ether oxygens (including phenoxy) is 2. The van der Waals surface area contributed by atoms with Crippen LogP contribution >= 0.6 is 0 Å². The Balaban J connectivity index is 2.09. The standard InChI is InChI=1S/C12H23N3O2/c1-4-5-7-17-8-6-13-10-11-9-12(16-3)15(2)14-11/h9,13H,4-8,10H2,1-3H3. The maximum absolute atomic E-state index is 5.45. The molecule has 0 aliphatic heterocycles. The van der Waals surface area contributed by atoms with Gasteiger partial charge in [0.25, 0.3) is 0 Å². The minimum Gasteiger partial charge on any atom is -0.481 e. The third-order valence-electron chi connectivity index (χ3n) is 2.47. The van der Waals surface area contributed by atoms with E-state index in [4.69, 9.17) is 9.47 Å². The number of hydrogen-bond acceptors (Lipinski definition) is 4. The Morgan fingerprint density at radius 2 is 2.24 bits per heavy atom. The number of hydrogen-bond donors (Lipinski definition) is 1. The molecular formula is C12H23N3O2. The van der Waals surface area contributed by atoms with Crippen molar-refractivity contribution in [2.24, 2.45) is 7.05 Å². The molecule has 0 radical (unpaired) electrons. The zero-order valence-electron chi connectivity index (χ0n) is 11.0. The van der Waals surface area contributed by atoms with Crippen LogP contribution in [0.4, 0.5) is 0 Å². The van der Waals surface area contributed by atoms with Gasteiger partial charge in [-0.1, -0.05) is 13.3 Å². The van der Waals surface area contributed by atoms with Crippen LogP contribution in [0.2, 0.25) is 0 Å². The first kappa shape index (κ1) is 14.0. The predicted octanol–water partition coefficient (Wildman–Crippen LogP) is 1.33. The van der Waals surface area contributed by atoms with Crippen molar-refractivity contribution in [3.05, 3.63) is 11.8 Å². The lowest BCUT2D eigenvalue weighted by Crippen LogP contribution is -2.19. The van der Waals surface area contributed by atoms with E-state index in [2.05, 4.69) is 17.3 Å². The molecule has 0 saturated carbocycles. The third-order valence-corrected chi connectivity index (χ3v) is 2.47. The highest BCUT2D eigenvalue weighted by molar-refractivity contribution is 5.15. The smallest absolute Gasteiger partial charge is 0.211 e. The van der Waals surface area contributed by atoms with E-state index >= 15 is 0 Å². The van der Waals surface area contributed by atoms with E-state index in [1.54, 1.807) is 11.8 Å². The third kappa shape index (κ3) is 5.19. The van der Waals surface area contributed by atoms with E-state index in [9.17, 15) is 0 Å².